The summed E-state index contributed by atoms with van der Waals surface area (Å²) in [5.41, 5.74) is 0.526. The smallest absolute Gasteiger partial charge is 0.331 e. The van der Waals surface area contributed by atoms with Gasteiger partial charge in [-0.25, -0.2) is 4.79 Å². The van der Waals surface area contributed by atoms with Crippen molar-refractivity contribution in [2.75, 3.05) is 18.8 Å². The molecule has 3 nitrogen and oxygen atoms in total. The van der Waals surface area contributed by atoms with E-state index < -0.39 is 5.97 Å². The molecule has 0 aromatic carbocycles. The molecule has 1 rings (SSSR count). The standard InChI is InChI=1S/C12H21NO2S/c1-4-11(12(14)15)5-6-13-7-8-16-10(3)9(13)2/h5,9-10H,4,6-8H2,1-3H3,(H,14,15). The van der Waals surface area contributed by atoms with E-state index in [1.165, 1.54) is 0 Å². The minimum absolute atomic E-state index is 0.526. The van der Waals surface area contributed by atoms with Gasteiger partial charge in [0, 0.05) is 35.7 Å². The molecule has 0 bridgehead atoms. The van der Waals surface area contributed by atoms with Gasteiger partial charge in [0.25, 0.3) is 0 Å². The van der Waals surface area contributed by atoms with Gasteiger partial charge in [0.1, 0.15) is 0 Å². The van der Waals surface area contributed by atoms with E-state index >= 15 is 0 Å². The number of hydrogen-bond donors (Lipinski definition) is 1. The summed E-state index contributed by atoms with van der Waals surface area (Å²) in [6.07, 6.45) is 2.46. The third-order valence-corrected chi connectivity index (χ3v) is 4.58. The predicted octanol–water partition coefficient (Wildman–Crippen LogP) is 2.23. The molecule has 1 N–H and O–H groups in total. The van der Waals surface area contributed by atoms with Gasteiger partial charge in [0.05, 0.1) is 0 Å². The highest BCUT2D eigenvalue weighted by Crippen LogP contribution is 2.24. The Morgan fingerprint density at radius 3 is 2.81 bits per heavy atom. The number of carboxylic acids is 1. The van der Waals surface area contributed by atoms with Crippen molar-refractivity contribution in [3.63, 3.8) is 0 Å². The maximum atomic E-state index is 10.9. The van der Waals surface area contributed by atoms with E-state index in [1.54, 1.807) is 0 Å². The van der Waals surface area contributed by atoms with Crippen molar-refractivity contribution in [3.8, 4) is 0 Å². The molecule has 0 amide bonds. The van der Waals surface area contributed by atoms with E-state index in [-0.39, 0.29) is 0 Å². The second-order valence-electron chi connectivity index (χ2n) is 4.20. The highest BCUT2D eigenvalue weighted by Gasteiger charge is 2.24. The van der Waals surface area contributed by atoms with Crippen LogP contribution < -0.4 is 0 Å². The van der Waals surface area contributed by atoms with E-state index in [1.807, 2.05) is 24.8 Å². The summed E-state index contributed by atoms with van der Waals surface area (Å²) in [5.74, 6) is 0.364. The van der Waals surface area contributed by atoms with Crippen LogP contribution in [-0.2, 0) is 4.79 Å². The zero-order chi connectivity index (χ0) is 12.1. The summed E-state index contributed by atoms with van der Waals surface area (Å²) in [7, 11) is 0. The first kappa shape index (κ1) is 13.6. The highest BCUT2D eigenvalue weighted by molar-refractivity contribution is 8.00. The molecule has 2 atom stereocenters. The Bertz CT molecular complexity index is 278. The van der Waals surface area contributed by atoms with Gasteiger partial charge in [-0.3, -0.25) is 4.90 Å². The molecule has 2 unspecified atom stereocenters. The van der Waals surface area contributed by atoms with Crippen molar-refractivity contribution in [2.45, 2.75) is 38.5 Å². The molecule has 1 saturated heterocycles. The van der Waals surface area contributed by atoms with Gasteiger partial charge in [0.15, 0.2) is 0 Å². The summed E-state index contributed by atoms with van der Waals surface area (Å²) in [6.45, 7) is 8.17. The molecule has 0 radical (unpaired) electrons. The van der Waals surface area contributed by atoms with Gasteiger partial charge in [-0.2, -0.15) is 11.8 Å². The first-order chi connectivity index (χ1) is 7.56. The van der Waals surface area contributed by atoms with Gasteiger partial charge in [-0.1, -0.05) is 19.9 Å². The zero-order valence-electron chi connectivity index (χ0n) is 10.3. The Hall–Kier alpha value is -0.480. The molecular weight excluding hydrogens is 222 g/mol. The fraction of sp³-hybridized carbons (Fsp3) is 0.750. The van der Waals surface area contributed by atoms with E-state index in [9.17, 15) is 4.79 Å². The number of carbonyl (C=O) groups is 1. The maximum absolute atomic E-state index is 10.9. The predicted molar refractivity (Wildman–Crippen MR) is 69.0 cm³/mol. The molecule has 0 aromatic rings. The molecule has 0 saturated carbocycles. The van der Waals surface area contributed by atoms with E-state index in [2.05, 4.69) is 18.7 Å². The molecule has 4 heteroatoms. The van der Waals surface area contributed by atoms with E-state index in [0.717, 1.165) is 18.8 Å². The minimum Gasteiger partial charge on any atom is -0.478 e. The van der Waals surface area contributed by atoms with Crippen molar-refractivity contribution in [3.05, 3.63) is 11.6 Å². The molecule has 92 valence electrons. The van der Waals surface area contributed by atoms with Crippen LogP contribution in [0.1, 0.15) is 27.2 Å². The van der Waals surface area contributed by atoms with Crippen molar-refractivity contribution >= 4 is 17.7 Å². The number of hydrogen-bond acceptors (Lipinski definition) is 3. The Morgan fingerprint density at radius 1 is 1.56 bits per heavy atom. The fourth-order valence-corrected chi connectivity index (χ4v) is 3.03. The van der Waals surface area contributed by atoms with Crippen LogP contribution in [0.3, 0.4) is 0 Å². The molecule has 1 aliphatic rings. The third-order valence-electron chi connectivity index (χ3n) is 3.24. The van der Waals surface area contributed by atoms with Crippen LogP contribution in [0, 0.1) is 0 Å². The average Bonchev–Trinajstić information content (AvgIpc) is 2.24. The topological polar surface area (TPSA) is 40.5 Å². The summed E-state index contributed by atoms with van der Waals surface area (Å²) in [4.78, 5) is 13.2. The van der Waals surface area contributed by atoms with Crippen molar-refractivity contribution in [1.82, 2.24) is 4.90 Å². The van der Waals surface area contributed by atoms with Crippen molar-refractivity contribution in [1.29, 1.82) is 0 Å². The van der Waals surface area contributed by atoms with E-state index in [0.29, 0.717) is 23.3 Å². The molecule has 0 aliphatic carbocycles. The van der Waals surface area contributed by atoms with Crippen molar-refractivity contribution < 1.29 is 9.90 Å². The summed E-state index contributed by atoms with van der Waals surface area (Å²) in [5, 5.41) is 9.57. The minimum atomic E-state index is -0.783. The lowest BCUT2D eigenvalue weighted by atomic mass is 10.1. The Balaban J connectivity index is 2.56. The molecule has 1 aliphatic heterocycles. The van der Waals surface area contributed by atoms with Crippen LogP contribution >= 0.6 is 11.8 Å². The second kappa shape index (κ2) is 6.30. The van der Waals surface area contributed by atoms with Crippen LogP contribution in [0.2, 0.25) is 0 Å². The Morgan fingerprint density at radius 2 is 2.25 bits per heavy atom. The van der Waals surface area contributed by atoms with Gasteiger partial charge in [-0.05, 0) is 13.3 Å². The zero-order valence-corrected chi connectivity index (χ0v) is 11.1. The summed E-state index contributed by atoms with van der Waals surface area (Å²) >= 11 is 2.00. The highest BCUT2D eigenvalue weighted by atomic mass is 32.2. The number of thioether (sulfide) groups is 1. The van der Waals surface area contributed by atoms with Crippen LogP contribution in [0.25, 0.3) is 0 Å². The first-order valence-electron chi connectivity index (χ1n) is 5.84. The van der Waals surface area contributed by atoms with Crippen LogP contribution in [0.5, 0.6) is 0 Å². The van der Waals surface area contributed by atoms with Gasteiger partial charge in [-0.15, -0.1) is 0 Å². The summed E-state index contributed by atoms with van der Waals surface area (Å²) < 4.78 is 0. The lowest BCUT2D eigenvalue weighted by molar-refractivity contribution is -0.132. The number of rotatable bonds is 4. The molecule has 16 heavy (non-hydrogen) atoms. The van der Waals surface area contributed by atoms with Crippen molar-refractivity contribution in [2.24, 2.45) is 0 Å². The lowest BCUT2D eigenvalue weighted by Crippen LogP contribution is -2.44. The fourth-order valence-electron chi connectivity index (χ4n) is 1.86. The number of carboxylic acid groups (broad SMARTS) is 1. The van der Waals surface area contributed by atoms with E-state index in [4.69, 9.17) is 5.11 Å². The quantitative estimate of drug-likeness (QED) is 0.769. The Kier molecular flexibility index (Phi) is 5.35. The monoisotopic (exact) mass is 243 g/mol. The maximum Gasteiger partial charge on any atom is 0.331 e. The number of aliphatic carboxylic acids is 1. The van der Waals surface area contributed by atoms with Crippen LogP contribution in [-0.4, -0.2) is 46.1 Å². The number of nitrogens with zero attached hydrogens (tertiary/aromatic N) is 1. The largest absolute Gasteiger partial charge is 0.478 e. The Labute approximate surface area is 102 Å². The molecule has 0 spiro atoms. The average molecular weight is 243 g/mol. The lowest BCUT2D eigenvalue weighted by Gasteiger charge is -2.36. The third kappa shape index (κ3) is 3.52. The molecule has 1 fully saturated rings. The van der Waals surface area contributed by atoms with Gasteiger partial charge in [0.2, 0.25) is 0 Å². The SMILES string of the molecule is CCC(=CCN1CCSC(C)C1C)C(=O)O. The van der Waals surface area contributed by atoms with Crippen LogP contribution in [0.15, 0.2) is 11.6 Å². The molecule has 0 aromatic heterocycles. The second-order valence-corrected chi connectivity index (χ2v) is 5.68. The van der Waals surface area contributed by atoms with Crippen LogP contribution in [0.4, 0.5) is 0 Å². The van der Waals surface area contributed by atoms with Gasteiger partial charge < -0.3 is 5.11 Å². The summed E-state index contributed by atoms with van der Waals surface area (Å²) in [6, 6.07) is 0.530. The van der Waals surface area contributed by atoms with Gasteiger partial charge >= 0.3 is 5.97 Å². The normalized spacial score (nSPS) is 28.1. The molecule has 1 heterocycles. The molecular formula is C12H21NO2S. The first-order valence-corrected chi connectivity index (χ1v) is 6.89.